The van der Waals surface area contributed by atoms with E-state index in [1.54, 1.807) is 29.3 Å². The first-order valence-corrected chi connectivity index (χ1v) is 7.78. The Balaban J connectivity index is 1.65. The summed E-state index contributed by atoms with van der Waals surface area (Å²) in [7, 11) is 0. The van der Waals surface area contributed by atoms with Crippen LogP contribution in [0.2, 0.25) is 0 Å². The summed E-state index contributed by atoms with van der Waals surface area (Å²) in [5, 5.41) is 6.19. The van der Waals surface area contributed by atoms with Gasteiger partial charge in [0.2, 0.25) is 0 Å². The maximum atomic E-state index is 13.0. The average molecular weight is 381 g/mol. The second kappa shape index (κ2) is 7.54. The number of anilines is 3. The van der Waals surface area contributed by atoms with Gasteiger partial charge in [-0.15, -0.1) is 5.53 Å². The van der Waals surface area contributed by atoms with Crippen molar-refractivity contribution in [3.63, 3.8) is 0 Å². The molecule has 2 amide bonds. The van der Waals surface area contributed by atoms with E-state index < -0.39 is 24.4 Å². The van der Waals surface area contributed by atoms with Crippen LogP contribution in [0.15, 0.2) is 60.4 Å². The molecule has 0 saturated carbocycles. The van der Waals surface area contributed by atoms with E-state index in [9.17, 15) is 22.4 Å². The number of benzene rings is 2. The van der Waals surface area contributed by atoms with Crippen LogP contribution in [-0.4, -0.2) is 12.7 Å². The molecule has 1 heterocycles. The summed E-state index contributed by atoms with van der Waals surface area (Å²) in [4.78, 5) is 12.0. The van der Waals surface area contributed by atoms with Crippen molar-refractivity contribution in [3.05, 3.63) is 66.0 Å². The summed E-state index contributed by atoms with van der Waals surface area (Å²) in [6, 6.07) is 10.3. The van der Waals surface area contributed by atoms with Crippen LogP contribution in [0.4, 0.5) is 39.4 Å². The largest absolute Gasteiger partial charge is 0.418 e. The molecule has 3 rings (SSSR count). The van der Waals surface area contributed by atoms with E-state index in [1.165, 1.54) is 24.4 Å². The molecular formula is C17H15F4N5O. The van der Waals surface area contributed by atoms with Crippen molar-refractivity contribution in [2.75, 3.05) is 22.3 Å². The van der Waals surface area contributed by atoms with Crippen LogP contribution >= 0.6 is 0 Å². The number of allylic oxidation sites excluding steroid dienone is 1. The number of para-hydroxylation sites is 1. The Labute approximate surface area is 151 Å². The Morgan fingerprint density at radius 3 is 2.37 bits per heavy atom. The normalized spacial score (nSPS) is 13.8. The van der Waals surface area contributed by atoms with Crippen molar-refractivity contribution in [3.8, 4) is 0 Å². The molecule has 0 bridgehead atoms. The second-order valence-electron chi connectivity index (χ2n) is 5.56. The number of nitrogens with one attached hydrogen (secondary N) is 4. The van der Waals surface area contributed by atoms with Crippen molar-refractivity contribution >= 4 is 23.1 Å². The maximum absolute atomic E-state index is 13.0. The first-order chi connectivity index (χ1) is 12.9. The minimum absolute atomic E-state index is 0.338. The third kappa shape index (κ3) is 4.47. The van der Waals surface area contributed by atoms with Gasteiger partial charge in [0.05, 0.1) is 22.6 Å². The third-order valence-electron chi connectivity index (χ3n) is 3.65. The number of hydrogen-bond acceptors (Lipinski definition) is 4. The number of alkyl halides is 4. The Morgan fingerprint density at radius 1 is 1.04 bits per heavy atom. The number of carbonyl (C=O) groups excluding carboxylic acids is 1. The zero-order valence-electron chi connectivity index (χ0n) is 13.8. The van der Waals surface area contributed by atoms with Crippen molar-refractivity contribution in [2.45, 2.75) is 6.18 Å². The predicted molar refractivity (Wildman–Crippen MR) is 93.3 cm³/mol. The fraction of sp³-hybridized carbons (Fsp3) is 0.118. The lowest BCUT2D eigenvalue weighted by Gasteiger charge is -2.16. The summed E-state index contributed by atoms with van der Waals surface area (Å²) in [6.45, 7) is -0.650. The summed E-state index contributed by atoms with van der Waals surface area (Å²) in [5.41, 5.74) is 5.50. The Bertz CT molecular complexity index is 851. The molecule has 2 aromatic rings. The standard InChI is InChI=1S/C17H15F4N5O/c18-9-12-10-26(25-24-12)13-7-5-11(6-8-13)22-16(27)23-15-4-2-1-3-14(15)17(19,20)21/h1-8,10,24-25H,9H2,(H2,22,23,27). The smallest absolute Gasteiger partial charge is 0.308 e. The lowest BCUT2D eigenvalue weighted by atomic mass is 10.1. The fourth-order valence-electron chi connectivity index (χ4n) is 2.39. The van der Waals surface area contributed by atoms with Gasteiger partial charge in [0.1, 0.15) is 6.67 Å². The molecule has 2 aromatic carbocycles. The van der Waals surface area contributed by atoms with Crippen molar-refractivity contribution in [1.29, 1.82) is 0 Å². The first-order valence-electron chi connectivity index (χ1n) is 7.78. The molecule has 0 unspecified atom stereocenters. The van der Waals surface area contributed by atoms with Crippen molar-refractivity contribution in [2.24, 2.45) is 0 Å². The molecule has 10 heteroatoms. The van der Waals surface area contributed by atoms with Gasteiger partial charge in [0.15, 0.2) is 0 Å². The molecule has 0 spiro atoms. The second-order valence-corrected chi connectivity index (χ2v) is 5.56. The van der Waals surface area contributed by atoms with E-state index in [0.717, 1.165) is 6.07 Å². The molecule has 1 aliphatic heterocycles. The molecule has 0 radical (unpaired) electrons. The Hall–Kier alpha value is -3.27. The topological polar surface area (TPSA) is 68.4 Å². The summed E-state index contributed by atoms with van der Waals surface area (Å²) in [5.74, 6) is 0. The van der Waals surface area contributed by atoms with Gasteiger partial charge in [-0.05, 0) is 36.4 Å². The molecule has 6 nitrogen and oxygen atoms in total. The summed E-state index contributed by atoms with van der Waals surface area (Å²) in [6.07, 6.45) is -3.04. The highest BCUT2D eigenvalue weighted by atomic mass is 19.4. The van der Waals surface area contributed by atoms with Crippen molar-refractivity contribution < 1.29 is 22.4 Å². The van der Waals surface area contributed by atoms with Crippen LogP contribution < -0.4 is 26.6 Å². The predicted octanol–water partition coefficient (Wildman–Crippen LogP) is 3.99. The zero-order valence-corrected chi connectivity index (χ0v) is 13.8. The molecular weight excluding hydrogens is 366 g/mol. The van der Waals surface area contributed by atoms with Crippen molar-refractivity contribution in [1.82, 2.24) is 11.0 Å². The van der Waals surface area contributed by atoms with Crippen LogP contribution in [0.1, 0.15) is 5.56 Å². The minimum Gasteiger partial charge on any atom is -0.308 e. The van der Waals surface area contributed by atoms with Gasteiger partial charge in [0, 0.05) is 11.9 Å². The molecule has 1 aliphatic rings. The van der Waals surface area contributed by atoms with Crippen LogP contribution in [0, 0.1) is 0 Å². The Morgan fingerprint density at radius 2 is 1.74 bits per heavy atom. The van der Waals surface area contributed by atoms with Gasteiger partial charge in [-0.25, -0.2) is 9.18 Å². The number of urea groups is 1. The third-order valence-corrected chi connectivity index (χ3v) is 3.65. The minimum atomic E-state index is -4.58. The van der Waals surface area contributed by atoms with Gasteiger partial charge in [0.25, 0.3) is 0 Å². The number of hydrazine groups is 2. The lowest BCUT2D eigenvalue weighted by molar-refractivity contribution is -0.136. The fourth-order valence-corrected chi connectivity index (χ4v) is 2.39. The highest BCUT2D eigenvalue weighted by molar-refractivity contribution is 6.00. The van der Waals surface area contributed by atoms with Gasteiger partial charge >= 0.3 is 12.2 Å². The number of halogens is 4. The highest BCUT2D eigenvalue weighted by Gasteiger charge is 2.33. The van der Waals surface area contributed by atoms with Gasteiger partial charge in [-0.3, -0.25) is 5.01 Å². The van der Waals surface area contributed by atoms with Crippen LogP contribution in [0.3, 0.4) is 0 Å². The highest BCUT2D eigenvalue weighted by Crippen LogP contribution is 2.34. The van der Waals surface area contributed by atoms with E-state index in [1.807, 2.05) is 0 Å². The zero-order chi connectivity index (χ0) is 19.4. The number of amides is 2. The average Bonchev–Trinajstić information content (AvgIpc) is 3.11. The maximum Gasteiger partial charge on any atom is 0.418 e. The van der Waals surface area contributed by atoms with E-state index in [-0.39, 0.29) is 5.69 Å². The lowest BCUT2D eigenvalue weighted by Crippen LogP contribution is -2.36. The first kappa shape index (κ1) is 18.5. The number of nitrogens with zero attached hydrogens (tertiary/aromatic N) is 1. The molecule has 0 aliphatic carbocycles. The van der Waals surface area contributed by atoms with E-state index in [2.05, 4.69) is 21.6 Å². The van der Waals surface area contributed by atoms with Crippen LogP contribution in [0.5, 0.6) is 0 Å². The summed E-state index contributed by atoms with van der Waals surface area (Å²) < 4.78 is 51.4. The van der Waals surface area contributed by atoms with E-state index in [4.69, 9.17) is 0 Å². The number of rotatable bonds is 4. The van der Waals surface area contributed by atoms with E-state index >= 15 is 0 Å². The number of hydrogen-bond donors (Lipinski definition) is 4. The van der Waals surface area contributed by atoms with Crippen LogP contribution in [-0.2, 0) is 6.18 Å². The Kier molecular flexibility index (Phi) is 5.17. The monoisotopic (exact) mass is 381 g/mol. The quantitative estimate of drug-likeness (QED) is 0.605. The summed E-state index contributed by atoms with van der Waals surface area (Å²) >= 11 is 0. The SMILES string of the molecule is O=C(Nc1ccc(N2C=C(CF)NN2)cc1)Nc1ccccc1C(F)(F)F. The molecule has 27 heavy (non-hydrogen) atoms. The van der Waals surface area contributed by atoms with Gasteiger partial charge < -0.3 is 16.1 Å². The molecule has 4 N–H and O–H groups in total. The molecule has 0 atom stereocenters. The van der Waals surface area contributed by atoms with Gasteiger partial charge in [-0.2, -0.15) is 13.2 Å². The van der Waals surface area contributed by atoms with Crippen LogP contribution in [0.25, 0.3) is 0 Å². The van der Waals surface area contributed by atoms with E-state index in [0.29, 0.717) is 17.1 Å². The molecule has 0 fully saturated rings. The van der Waals surface area contributed by atoms with Gasteiger partial charge in [-0.1, -0.05) is 12.1 Å². The molecule has 0 aromatic heterocycles. The number of carbonyl (C=O) groups is 1. The molecule has 142 valence electrons. The molecule has 0 saturated heterocycles.